The van der Waals surface area contributed by atoms with Crippen LogP contribution in [0.1, 0.15) is 192 Å². The minimum absolute atomic E-state index is 0.00560. The lowest BCUT2D eigenvalue weighted by atomic mass is 9.83. The van der Waals surface area contributed by atoms with Gasteiger partial charge in [-0.2, -0.15) is 0 Å². The van der Waals surface area contributed by atoms with Crippen LogP contribution in [0.25, 0.3) is 20.9 Å². The van der Waals surface area contributed by atoms with Gasteiger partial charge in [0.1, 0.15) is 11.5 Å². The Balaban J connectivity index is 1.36. The molecule has 2 N–H and O–H groups in total. The molecular weight excluding hydrogens is 749 g/mol. The Morgan fingerprint density at radius 1 is 0.552 bits per heavy atom. The molecule has 0 amide bonds. The number of aliphatic imine (C=N–C) groups is 2. The first-order chi connectivity index (χ1) is 27.8. The molecule has 1 aliphatic rings. The van der Waals surface area contributed by atoms with E-state index in [0.717, 1.165) is 71.9 Å². The van der Waals surface area contributed by atoms with E-state index in [1.165, 1.54) is 97.9 Å². The van der Waals surface area contributed by atoms with Crippen molar-refractivity contribution >= 4 is 35.1 Å². The standard InChI is InChI=1S/C52H74N2O2S2/c1-9-11-13-15-17-19-23-37-27-47(57-35-37)39-29-41(49(55)43(31-39)51(3,4)5)33-53-45-25-21-22-26-46(45)54-34-42-30-40(32-44(50(42)56)52(6,7)8)48-28-38(36-58-48)24-20-18-16-14-12-10-2/h27-36,45-46,55-56H,9-26H2,1-8H3/t45-,46-/m0/s1. The molecule has 1 fully saturated rings. The smallest absolute Gasteiger partial charge is 0.128 e. The minimum Gasteiger partial charge on any atom is -0.507 e. The Labute approximate surface area is 360 Å². The van der Waals surface area contributed by atoms with E-state index in [9.17, 15) is 10.2 Å². The number of thiophene rings is 2. The van der Waals surface area contributed by atoms with Gasteiger partial charge in [0.05, 0.1) is 12.1 Å². The number of phenols is 2. The molecule has 1 saturated carbocycles. The van der Waals surface area contributed by atoms with Crippen LogP contribution in [0.15, 0.2) is 57.1 Å². The van der Waals surface area contributed by atoms with Crippen LogP contribution in [0.2, 0.25) is 0 Å². The summed E-state index contributed by atoms with van der Waals surface area (Å²) in [5.74, 6) is 0.639. The summed E-state index contributed by atoms with van der Waals surface area (Å²) in [4.78, 5) is 12.8. The number of hydrogen-bond donors (Lipinski definition) is 2. The number of hydrogen-bond acceptors (Lipinski definition) is 6. The van der Waals surface area contributed by atoms with Gasteiger partial charge in [0.15, 0.2) is 0 Å². The lowest BCUT2D eigenvalue weighted by Crippen LogP contribution is -2.27. The summed E-state index contributed by atoms with van der Waals surface area (Å²) in [6, 6.07) is 13.3. The maximum atomic E-state index is 11.6. The number of nitrogens with zero attached hydrogens (tertiary/aromatic N) is 2. The topological polar surface area (TPSA) is 65.2 Å². The van der Waals surface area contributed by atoms with Crippen molar-refractivity contribution in [2.24, 2.45) is 9.98 Å². The summed E-state index contributed by atoms with van der Waals surface area (Å²) in [5, 5.41) is 27.9. The first-order valence-electron chi connectivity index (χ1n) is 22.7. The molecule has 0 unspecified atom stereocenters. The van der Waals surface area contributed by atoms with Crippen molar-refractivity contribution in [2.45, 2.75) is 194 Å². The molecule has 4 aromatic rings. The van der Waals surface area contributed by atoms with Gasteiger partial charge in [0, 0.05) is 44.4 Å². The molecule has 316 valence electrons. The molecule has 0 saturated heterocycles. The number of aryl methyl sites for hydroxylation is 2. The first-order valence-corrected chi connectivity index (χ1v) is 24.5. The molecule has 2 aromatic heterocycles. The van der Waals surface area contributed by atoms with Crippen molar-refractivity contribution in [1.82, 2.24) is 0 Å². The number of benzene rings is 2. The van der Waals surface area contributed by atoms with Gasteiger partial charge in [-0.1, -0.05) is 132 Å². The molecule has 0 bridgehead atoms. The Kier molecular flexibility index (Phi) is 17.3. The lowest BCUT2D eigenvalue weighted by molar-refractivity contribution is 0.390. The highest BCUT2D eigenvalue weighted by Crippen LogP contribution is 2.41. The van der Waals surface area contributed by atoms with E-state index in [-0.39, 0.29) is 22.9 Å². The van der Waals surface area contributed by atoms with Crippen molar-refractivity contribution in [3.8, 4) is 32.4 Å². The van der Waals surface area contributed by atoms with Crippen molar-refractivity contribution in [3.63, 3.8) is 0 Å². The Hall–Kier alpha value is -3.22. The highest BCUT2D eigenvalue weighted by atomic mass is 32.1. The van der Waals surface area contributed by atoms with Gasteiger partial charge in [-0.15, -0.1) is 22.7 Å². The zero-order valence-corrected chi connectivity index (χ0v) is 38.9. The van der Waals surface area contributed by atoms with E-state index in [1.807, 2.05) is 12.4 Å². The molecule has 2 heterocycles. The zero-order valence-electron chi connectivity index (χ0n) is 37.3. The molecule has 4 nitrogen and oxygen atoms in total. The van der Waals surface area contributed by atoms with Gasteiger partial charge >= 0.3 is 0 Å². The third-order valence-electron chi connectivity index (χ3n) is 11.9. The zero-order chi connectivity index (χ0) is 41.7. The summed E-state index contributed by atoms with van der Waals surface area (Å²) in [6.45, 7) is 17.5. The fourth-order valence-corrected chi connectivity index (χ4v) is 10.1. The second kappa shape index (κ2) is 21.9. The summed E-state index contributed by atoms with van der Waals surface area (Å²) in [6.07, 6.45) is 25.9. The van der Waals surface area contributed by atoms with Crippen LogP contribution >= 0.6 is 22.7 Å². The van der Waals surface area contributed by atoms with Crippen molar-refractivity contribution in [3.05, 3.63) is 80.5 Å². The second-order valence-corrected chi connectivity index (χ2v) is 20.9. The maximum Gasteiger partial charge on any atom is 0.128 e. The highest BCUT2D eigenvalue weighted by molar-refractivity contribution is 7.14. The average Bonchev–Trinajstić information content (AvgIpc) is 3.87. The predicted molar refractivity (Wildman–Crippen MR) is 256 cm³/mol. The van der Waals surface area contributed by atoms with Crippen LogP contribution in [0.4, 0.5) is 0 Å². The quantitative estimate of drug-likeness (QED) is 0.0689. The van der Waals surface area contributed by atoms with E-state index in [2.05, 4.69) is 103 Å². The van der Waals surface area contributed by atoms with Gasteiger partial charge in [-0.05, 0) is 119 Å². The first kappa shape index (κ1) is 45.9. The Morgan fingerprint density at radius 2 is 0.931 bits per heavy atom. The van der Waals surface area contributed by atoms with Crippen LogP contribution in [0.3, 0.4) is 0 Å². The maximum absolute atomic E-state index is 11.6. The van der Waals surface area contributed by atoms with Gasteiger partial charge < -0.3 is 10.2 Å². The average molecular weight is 823 g/mol. The van der Waals surface area contributed by atoms with E-state index in [1.54, 1.807) is 22.7 Å². The number of rotatable bonds is 20. The van der Waals surface area contributed by atoms with Crippen molar-refractivity contribution < 1.29 is 10.2 Å². The van der Waals surface area contributed by atoms with Crippen molar-refractivity contribution in [1.29, 1.82) is 0 Å². The van der Waals surface area contributed by atoms with E-state index in [4.69, 9.17) is 9.98 Å². The molecule has 58 heavy (non-hydrogen) atoms. The van der Waals surface area contributed by atoms with Crippen molar-refractivity contribution in [2.75, 3.05) is 0 Å². The summed E-state index contributed by atoms with van der Waals surface area (Å²) < 4.78 is 0. The fraction of sp³-hybridized carbons (Fsp3) is 0.577. The van der Waals surface area contributed by atoms with Crippen LogP contribution in [0, 0.1) is 0 Å². The van der Waals surface area contributed by atoms with Gasteiger partial charge in [-0.25, -0.2) is 0 Å². The molecule has 2 atom stereocenters. The number of unbranched alkanes of at least 4 members (excludes halogenated alkanes) is 10. The monoisotopic (exact) mass is 823 g/mol. The van der Waals surface area contributed by atoms with Crippen LogP contribution in [-0.4, -0.2) is 34.7 Å². The summed E-state index contributed by atoms with van der Waals surface area (Å²) >= 11 is 3.61. The summed E-state index contributed by atoms with van der Waals surface area (Å²) in [7, 11) is 0. The molecule has 6 heteroatoms. The molecule has 1 aliphatic carbocycles. The third-order valence-corrected chi connectivity index (χ3v) is 14.0. The van der Waals surface area contributed by atoms with Crippen LogP contribution in [-0.2, 0) is 23.7 Å². The normalized spacial score (nSPS) is 16.6. The Morgan fingerprint density at radius 3 is 1.31 bits per heavy atom. The summed E-state index contributed by atoms with van der Waals surface area (Å²) in [5.41, 5.74) is 8.10. The minimum atomic E-state index is -0.222. The molecule has 2 aromatic carbocycles. The SMILES string of the molecule is CCCCCCCCc1csc(-c2cc(C=N[C@H]3CCCC[C@@H]3N=Cc3cc(-c4cc(CCCCCCCC)cs4)cc(C(C)(C)C)c3O)c(O)c(C(C)(C)C)c2)c1. The largest absolute Gasteiger partial charge is 0.507 e. The second-order valence-electron chi connectivity index (χ2n) is 19.1. The number of phenolic OH excluding ortho intramolecular Hbond substituents is 2. The van der Waals surface area contributed by atoms with E-state index >= 15 is 0 Å². The van der Waals surface area contributed by atoms with Crippen LogP contribution in [0.5, 0.6) is 11.5 Å². The Bertz CT molecular complexity index is 1800. The molecular formula is C52H74N2O2S2. The molecule has 0 aliphatic heterocycles. The van der Waals surface area contributed by atoms with Gasteiger partial charge in [-0.3, -0.25) is 9.98 Å². The predicted octanol–water partition coefficient (Wildman–Crippen LogP) is 15.8. The third kappa shape index (κ3) is 13.1. The molecule has 5 rings (SSSR count). The van der Waals surface area contributed by atoms with Gasteiger partial charge in [0.2, 0.25) is 0 Å². The molecule has 0 radical (unpaired) electrons. The number of aromatic hydroxyl groups is 2. The van der Waals surface area contributed by atoms with Crippen LogP contribution < -0.4 is 0 Å². The molecule has 0 spiro atoms. The fourth-order valence-electron chi connectivity index (χ4n) is 8.27. The highest BCUT2D eigenvalue weighted by Gasteiger charge is 2.26. The van der Waals surface area contributed by atoms with Gasteiger partial charge in [0.25, 0.3) is 0 Å². The van der Waals surface area contributed by atoms with E-state index < -0.39 is 0 Å². The van der Waals surface area contributed by atoms with E-state index in [0.29, 0.717) is 11.5 Å². The lowest BCUT2D eigenvalue weighted by Gasteiger charge is -2.26.